The van der Waals surface area contributed by atoms with Crippen molar-refractivity contribution in [2.75, 3.05) is 11.9 Å². The molecule has 0 unspecified atom stereocenters. The summed E-state index contributed by atoms with van der Waals surface area (Å²) in [4.78, 5) is 0. The third-order valence-electron chi connectivity index (χ3n) is 2.51. The van der Waals surface area contributed by atoms with Gasteiger partial charge in [-0.25, -0.2) is 0 Å². The molecule has 3 heteroatoms. The second kappa shape index (κ2) is 5.51. The molecule has 16 heavy (non-hydrogen) atoms. The van der Waals surface area contributed by atoms with Gasteiger partial charge in [-0.05, 0) is 53.4 Å². The summed E-state index contributed by atoms with van der Waals surface area (Å²) in [5, 5.41) is 7.80. The molecule has 0 amide bonds. The highest BCUT2D eigenvalue weighted by Crippen LogP contribution is 2.20. The summed E-state index contributed by atoms with van der Waals surface area (Å²) >= 11 is 5.24. The molecule has 0 aliphatic rings. The normalized spacial score (nSPS) is 10.4. The maximum absolute atomic E-state index is 3.49. The third kappa shape index (κ3) is 3.09. The molecule has 1 aromatic heterocycles. The van der Waals surface area contributed by atoms with Crippen LogP contribution in [0.15, 0.2) is 39.5 Å². The van der Waals surface area contributed by atoms with E-state index in [0.29, 0.717) is 0 Å². The highest BCUT2D eigenvalue weighted by atomic mass is 79.9. The number of aryl methyl sites for hydroxylation is 1. The van der Waals surface area contributed by atoms with Gasteiger partial charge in [-0.1, -0.05) is 22.0 Å². The molecule has 1 aromatic carbocycles. The zero-order valence-electron chi connectivity index (χ0n) is 9.16. The summed E-state index contributed by atoms with van der Waals surface area (Å²) in [5.74, 6) is 0. The zero-order chi connectivity index (χ0) is 11.4. The molecule has 84 valence electrons. The van der Waals surface area contributed by atoms with Crippen LogP contribution in [0, 0.1) is 6.92 Å². The summed E-state index contributed by atoms with van der Waals surface area (Å²) < 4.78 is 1.12. The first-order valence-corrected chi connectivity index (χ1v) is 7.00. The first-order valence-electron chi connectivity index (χ1n) is 5.27. The average molecular weight is 296 g/mol. The van der Waals surface area contributed by atoms with E-state index in [0.717, 1.165) is 17.4 Å². The van der Waals surface area contributed by atoms with Crippen LogP contribution in [0.4, 0.5) is 5.69 Å². The van der Waals surface area contributed by atoms with E-state index < -0.39 is 0 Å². The fourth-order valence-electron chi connectivity index (χ4n) is 1.56. The lowest BCUT2D eigenvalue weighted by molar-refractivity contribution is 1.02. The minimum atomic E-state index is 0.980. The van der Waals surface area contributed by atoms with Crippen LogP contribution in [0.5, 0.6) is 0 Å². The fourth-order valence-corrected chi connectivity index (χ4v) is 2.63. The SMILES string of the molecule is Cc1ccc(Br)cc1NCCc1ccsc1. The van der Waals surface area contributed by atoms with Crippen molar-refractivity contribution >= 4 is 33.0 Å². The van der Waals surface area contributed by atoms with E-state index in [-0.39, 0.29) is 0 Å². The molecular weight excluding hydrogens is 282 g/mol. The van der Waals surface area contributed by atoms with Crippen LogP contribution < -0.4 is 5.32 Å². The summed E-state index contributed by atoms with van der Waals surface area (Å²) in [6, 6.07) is 8.50. The number of hydrogen-bond donors (Lipinski definition) is 1. The predicted molar refractivity (Wildman–Crippen MR) is 75.4 cm³/mol. The Labute approximate surface area is 109 Å². The van der Waals surface area contributed by atoms with Gasteiger partial charge in [0, 0.05) is 16.7 Å². The van der Waals surface area contributed by atoms with Gasteiger partial charge in [-0.15, -0.1) is 0 Å². The molecule has 2 aromatic rings. The Balaban J connectivity index is 1.92. The molecule has 0 radical (unpaired) electrons. The Kier molecular flexibility index (Phi) is 4.02. The van der Waals surface area contributed by atoms with Gasteiger partial charge in [0.15, 0.2) is 0 Å². The second-order valence-corrected chi connectivity index (χ2v) is 5.46. The Morgan fingerprint density at radius 2 is 2.19 bits per heavy atom. The van der Waals surface area contributed by atoms with Crippen molar-refractivity contribution in [3.05, 3.63) is 50.6 Å². The number of benzene rings is 1. The first kappa shape index (κ1) is 11.7. The quantitative estimate of drug-likeness (QED) is 0.877. The number of halogens is 1. The highest BCUT2D eigenvalue weighted by molar-refractivity contribution is 9.10. The average Bonchev–Trinajstić information content (AvgIpc) is 2.76. The fraction of sp³-hybridized carbons (Fsp3) is 0.231. The molecule has 1 heterocycles. The molecule has 0 aliphatic heterocycles. The summed E-state index contributed by atoms with van der Waals surface area (Å²) in [5.41, 5.74) is 3.91. The van der Waals surface area contributed by atoms with E-state index >= 15 is 0 Å². The van der Waals surface area contributed by atoms with Crippen LogP contribution in [0.1, 0.15) is 11.1 Å². The van der Waals surface area contributed by atoms with Crippen molar-refractivity contribution in [2.24, 2.45) is 0 Å². The summed E-state index contributed by atoms with van der Waals surface area (Å²) in [6.45, 7) is 3.10. The Hall–Kier alpha value is -0.800. The van der Waals surface area contributed by atoms with Crippen molar-refractivity contribution in [1.82, 2.24) is 0 Å². The molecule has 0 fully saturated rings. The van der Waals surface area contributed by atoms with Gasteiger partial charge in [-0.2, -0.15) is 11.3 Å². The van der Waals surface area contributed by atoms with Gasteiger partial charge in [-0.3, -0.25) is 0 Å². The van der Waals surface area contributed by atoms with Crippen LogP contribution >= 0.6 is 27.3 Å². The van der Waals surface area contributed by atoms with Crippen LogP contribution in [0.25, 0.3) is 0 Å². The maximum atomic E-state index is 3.49. The van der Waals surface area contributed by atoms with Gasteiger partial charge in [0.2, 0.25) is 0 Å². The molecule has 1 nitrogen and oxygen atoms in total. The van der Waals surface area contributed by atoms with Gasteiger partial charge in [0.05, 0.1) is 0 Å². The third-order valence-corrected chi connectivity index (χ3v) is 3.73. The first-order chi connectivity index (χ1) is 7.75. The smallest absolute Gasteiger partial charge is 0.0381 e. The topological polar surface area (TPSA) is 12.0 Å². The monoisotopic (exact) mass is 295 g/mol. The number of thiophene rings is 1. The summed E-state index contributed by atoms with van der Waals surface area (Å²) in [7, 11) is 0. The molecule has 0 spiro atoms. The van der Waals surface area contributed by atoms with Gasteiger partial charge < -0.3 is 5.32 Å². The maximum Gasteiger partial charge on any atom is 0.0381 e. The molecule has 0 aliphatic carbocycles. The van der Waals surface area contributed by atoms with E-state index in [1.165, 1.54) is 16.8 Å². The van der Waals surface area contributed by atoms with Crippen molar-refractivity contribution in [3.63, 3.8) is 0 Å². The van der Waals surface area contributed by atoms with Crippen molar-refractivity contribution in [1.29, 1.82) is 0 Å². The Morgan fingerprint density at radius 1 is 1.31 bits per heavy atom. The lowest BCUT2D eigenvalue weighted by Gasteiger charge is -2.09. The predicted octanol–water partition coefficient (Wildman–Crippen LogP) is 4.47. The molecule has 0 saturated carbocycles. The van der Waals surface area contributed by atoms with E-state index in [2.05, 4.69) is 63.2 Å². The zero-order valence-corrected chi connectivity index (χ0v) is 11.6. The molecule has 0 saturated heterocycles. The number of nitrogens with one attached hydrogen (secondary N) is 1. The number of anilines is 1. The molecule has 1 N–H and O–H groups in total. The van der Waals surface area contributed by atoms with E-state index in [9.17, 15) is 0 Å². The van der Waals surface area contributed by atoms with Crippen molar-refractivity contribution in [2.45, 2.75) is 13.3 Å². The summed E-state index contributed by atoms with van der Waals surface area (Å²) in [6.07, 6.45) is 1.08. The lowest BCUT2D eigenvalue weighted by atomic mass is 10.2. The van der Waals surface area contributed by atoms with E-state index in [4.69, 9.17) is 0 Å². The Morgan fingerprint density at radius 3 is 2.94 bits per heavy atom. The molecule has 0 bridgehead atoms. The van der Waals surface area contributed by atoms with Crippen molar-refractivity contribution < 1.29 is 0 Å². The molecular formula is C13H14BrNS. The highest BCUT2D eigenvalue weighted by Gasteiger charge is 1.99. The standard InChI is InChI=1S/C13H14BrNS/c1-10-2-3-12(14)8-13(10)15-6-4-11-5-7-16-9-11/h2-3,5,7-9,15H,4,6H2,1H3. The van der Waals surface area contributed by atoms with E-state index in [1.54, 1.807) is 11.3 Å². The minimum absolute atomic E-state index is 0.980. The number of rotatable bonds is 4. The van der Waals surface area contributed by atoms with Crippen LogP contribution in [0.3, 0.4) is 0 Å². The van der Waals surface area contributed by atoms with Gasteiger partial charge in [0.25, 0.3) is 0 Å². The lowest BCUT2D eigenvalue weighted by Crippen LogP contribution is -2.05. The molecule has 0 atom stereocenters. The van der Waals surface area contributed by atoms with E-state index in [1.807, 2.05) is 0 Å². The van der Waals surface area contributed by atoms with Crippen LogP contribution in [-0.4, -0.2) is 6.54 Å². The van der Waals surface area contributed by atoms with Crippen LogP contribution in [-0.2, 0) is 6.42 Å². The van der Waals surface area contributed by atoms with Gasteiger partial charge in [0.1, 0.15) is 0 Å². The van der Waals surface area contributed by atoms with Crippen LogP contribution in [0.2, 0.25) is 0 Å². The second-order valence-electron chi connectivity index (χ2n) is 3.77. The van der Waals surface area contributed by atoms with Crippen molar-refractivity contribution in [3.8, 4) is 0 Å². The Bertz CT molecular complexity index is 451. The minimum Gasteiger partial charge on any atom is -0.384 e. The molecule has 2 rings (SSSR count). The largest absolute Gasteiger partial charge is 0.384 e. The number of hydrogen-bond acceptors (Lipinski definition) is 2. The van der Waals surface area contributed by atoms with Gasteiger partial charge >= 0.3 is 0 Å².